The Morgan fingerprint density at radius 2 is 1.82 bits per heavy atom. The molecule has 1 aromatic rings. The molecule has 1 amide bonds. The zero-order valence-corrected chi connectivity index (χ0v) is 12.5. The van der Waals surface area contributed by atoms with Crippen molar-refractivity contribution in [3.8, 4) is 0 Å². The summed E-state index contributed by atoms with van der Waals surface area (Å²) in [7, 11) is 0. The number of nitrogens with one attached hydrogen (secondary N) is 1. The maximum atomic E-state index is 11.5. The van der Waals surface area contributed by atoms with Crippen LogP contribution in [0.5, 0.6) is 0 Å². The standard InChI is InChI=1S/C14H18N2O6/c1-14(2,3)22-13(21)16-10-5-4-8(7-15-10)6-9(11(17)18)12(19)20/h4-5,7,9H,6H2,1-3H3,(H,17,18)(H,19,20)(H,15,16,21). The van der Waals surface area contributed by atoms with Gasteiger partial charge in [-0.3, -0.25) is 14.9 Å². The van der Waals surface area contributed by atoms with E-state index in [1.54, 1.807) is 20.8 Å². The molecule has 0 bridgehead atoms. The minimum Gasteiger partial charge on any atom is -0.481 e. The van der Waals surface area contributed by atoms with Crippen molar-refractivity contribution >= 4 is 23.8 Å². The first-order chi connectivity index (χ1) is 10.1. The monoisotopic (exact) mass is 310 g/mol. The Morgan fingerprint density at radius 1 is 1.23 bits per heavy atom. The van der Waals surface area contributed by atoms with Gasteiger partial charge in [0.05, 0.1) is 0 Å². The average molecular weight is 310 g/mol. The van der Waals surface area contributed by atoms with Crippen molar-refractivity contribution in [2.45, 2.75) is 32.8 Å². The van der Waals surface area contributed by atoms with Gasteiger partial charge in [-0.05, 0) is 38.8 Å². The lowest BCUT2D eigenvalue weighted by molar-refractivity contribution is -0.154. The van der Waals surface area contributed by atoms with Crippen molar-refractivity contribution in [3.05, 3.63) is 23.9 Å². The minimum absolute atomic E-state index is 0.190. The summed E-state index contributed by atoms with van der Waals surface area (Å²) >= 11 is 0. The number of amides is 1. The smallest absolute Gasteiger partial charge is 0.413 e. The molecule has 0 spiro atoms. The van der Waals surface area contributed by atoms with Crippen molar-refractivity contribution in [2.24, 2.45) is 5.92 Å². The molecule has 8 heteroatoms. The fraction of sp³-hybridized carbons (Fsp3) is 0.429. The Hall–Kier alpha value is -2.64. The summed E-state index contributed by atoms with van der Waals surface area (Å²) in [6, 6.07) is 2.94. The van der Waals surface area contributed by atoms with Crippen LogP contribution in [0.4, 0.5) is 10.6 Å². The van der Waals surface area contributed by atoms with Gasteiger partial charge in [-0.15, -0.1) is 0 Å². The van der Waals surface area contributed by atoms with Crippen LogP contribution in [0.25, 0.3) is 0 Å². The number of nitrogens with zero attached hydrogens (tertiary/aromatic N) is 1. The highest BCUT2D eigenvalue weighted by atomic mass is 16.6. The molecule has 3 N–H and O–H groups in total. The Bertz CT molecular complexity index is 548. The van der Waals surface area contributed by atoms with E-state index in [0.717, 1.165) is 0 Å². The Morgan fingerprint density at radius 3 is 2.23 bits per heavy atom. The van der Waals surface area contributed by atoms with Gasteiger partial charge in [-0.2, -0.15) is 0 Å². The third kappa shape index (κ3) is 5.78. The van der Waals surface area contributed by atoms with E-state index in [-0.39, 0.29) is 12.2 Å². The molecular formula is C14H18N2O6. The van der Waals surface area contributed by atoms with Crippen LogP contribution in [-0.2, 0) is 20.7 Å². The summed E-state index contributed by atoms with van der Waals surface area (Å²) in [5.41, 5.74) is -0.204. The molecule has 0 saturated carbocycles. The highest BCUT2D eigenvalue weighted by Gasteiger charge is 2.26. The lowest BCUT2D eigenvalue weighted by Gasteiger charge is -2.19. The molecule has 0 aliphatic heterocycles. The van der Waals surface area contributed by atoms with Gasteiger partial charge >= 0.3 is 18.0 Å². The molecule has 1 rings (SSSR count). The van der Waals surface area contributed by atoms with E-state index in [1.165, 1.54) is 18.3 Å². The van der Waals surface area contributed by atoms with Gasteiger partial charge in [0, 0.05) is 6.20 Å². The van der Waals surface area contributed by atoms with Gasteiger partial charge in [0.1, 0.15) is 11.4 Å². The topological polar surface area (TPSA) is 126 Å². The summed E-state index contributed by atoms with van der Waals surface area (Å²) in [6.45, 7) is 5.17. The van der Waals surface area contributed by atoms with E-state index in [2.05, 4.69) is 10.3 Å². The molecule has 1 heterocycles. The Kier molecular flexibility index (Phi) is 5.44. The summed E-state index contributed by atoms with van der Waals surface area (Å²) in [5.74, 6) is -4.14. The Balaban J connectivity index is 2.69. The maximum absolute atomic E-state index is 11.5. The van der Waals surface area contributed by atoms with Gasteiger partial charge in [0.2, 0.25) is 0 Å². The number of carbonyl (C=O) groups is 3. The number of carboxylic acids is 2. The van der Waals surface area contributed by atoms with Crippen molar-refractivity contribution < 1.29 is 29.3 Å². The average Bonchev–Trinajstić information content (AvgIpc) is 2.34. The molecule has 0 unspecified atom stereocenters. The van der Waals surface area contributed by atoms with Gasteiger partial charge in [-0.1, -0.05) is 6.07 Å². The van der Waals surface area contributed by atoms with Crippen LogP contribution >= 0.6 is 0 Å². The summed E-state index contributed by atoms with van der Waals surface area (Å²) in [4.78, 5) is 37.1. The third-order valence-electron chi connectivity index (χ3n) is 2.49. The van der Waals surface area contributed by atoms with Gasteiger partial charge in [-0.25, -0.2) is 9.78 Å². The predicted molar refractivity (Wildman–Crippen MR) is 76.6 cm³/mol. The number of rotatable bonds is 5. The number of carbonyl (C=O) groups excluding carboxylic acids is 1. The van der Waals surface area contributed by atoms with Gasteiger partial charge in [0.25, 0.3) is 0 Å². The molecular weight excluding hydrogens is 292 g/mol. The largest absolute Gasteiger partial charge is 0.481 e. The SMILES string of the molecule is CC(C)(C)OC(=O)Nc1ccc(CC(C(=O)O)C(=O)O)cn1. The van der Waals surface area contributed by atoms with Crippen molar-refractivity contribution in [1.82, 2.24) is 4.98 Å². The molecule has 0 atom stereocenters. The number of hydrogen-bond donors (Lipinski definition) is 3. The van der Waals surface area contributed by atoms with E-state index in [1.807, 2.05) is 0 Å². The van der Waals surface area contributed by atoms with Crippen LogP contribution in [0.1, 0.15) is 26.3 Å². The predicted octanol–water partition coefficient (Wildman–Crippen LogP) is 1.76. The van der Waals surface area contributed by atoms with Crippen LogP contribution in [0, 0.1) is 5.92 Å². The summed E-state index contributed by atoms with van der Waals surface area (Å²) < 4.78 is 5.05. The fourth-order valence-electron chi connectivity index (χ4n) is 1.54. The van der Waals surface area contributed by atoms with Gasteiger partial charge in [0.15, 0.2) is 5.92 Å². The van der Waals surface area contributed by atoms with Crippen molar-refractivity contribution in [1.29, 1.82) is 0 Å². The number of aromatic nitrogens is 1. The molecule has 0 saturated heterocycles. The number of ether oxygens (including phenoxy) is 1. The maximum Gasteiger partial charge on any atom is 0.413 e. The van der Waals surface area contributed by atoms with E-state index >= 15 is 0 Å². The summed E-state index contributed by atoms with van der Waals surface area (Å²) in [6.07, 6.45) is 0.456. The van der Waals surface area contributed by atoms with Crippen LogP contribution in [0.3, 0.4) is 0 Å². The number of carboxylic acid groups (broad SMARTS) is 2. The third-order valence-corrected chi connectivity index (χ3v) is 2.49. The van der Waals surface area contributed by atoms with Crippen molar-refractivity contribution in [2.75, 3.05) is 5.32 Å². The first-order valence-corrected chi connectivity index (χ1v) is 6.49. The number of pyridine rings is 1. The molecule has 120 valence electrons. The van der Waals surface area contributed by atoms with Crippen LogP contribution in [0.2, 0.25) is 0 Å². The number of aliphatic carboxylic acids is 2. The summed E-state index contributed by atoms with van der Waals surface area (Å²) in [5, 5.41) is 20.0. The highest BCUT2D eigenvalue weighted by molar-refractivity contribution is 5.93. The molecule has 22 heavy (non-hydrogen) atoms. The molecule has 8 nitrogen and oxygen atoms in total. The highest BCUT2D eigenvalue weighted by Crippen LogP contribution is 2.13. The zero-order chi connectivity index (χ0) is 16.9. The van der Waals surface area contributed by atoms with E-state index < -0.39 is 29.6 Å². The first-order valence-electron chi connectivity index (χ1n) is 6.49. The zero-order valence-electron chi connectivity index (χ0n) is 12.5. The normalized spacial score (nSPS) is 11.1. The van der Waals surface area contributed by atoms with E-state index in [0.29, 0.717) is 5.56 Å². The number of hydrogen-bond acceptors (Lipinski definition) is 5. The van der Waals surface area contributed by atoms with Gasteiger partial charge < -0.3 is 14.9 Å². The number of anilines is 1. The molecule has 0 aromatic carbocycles. The van der Waals surface area contributed by atoms with Crippen molar-refractivity contribution in [3.63, 3.8) is 0 Å². The lowest BCUT2D eigenvalue weighted by atomic mass is 10.0. The second-order valence-electron chi connectivity index (χ2n) is 5.61. The molecule has 1 aromatic heterocycles. The molecule has 0 fully saturated rings. The quantitative estimate of drug-likeness (QED) is 0.707. The second-order valence-corrected chi connectivity index (χ2v) is 5.61. The lowest BCUT2D eigenvalue weighted by Crippen LogP contribution is -2.27. The van der Waals surface area contributed by atoms with Crippen LogP contribution < -0.4 is 5.32 Å². The van der Waals surface area contributed by atoms with Crippen LogP contribution in [-0.4, -0.2) is 38.8 Å². The van der Waals surface area contributed by atoms with E-state index in [4.69, 9.17) is 14.9 Å². The molecule has 0 aliphatic carbocycles. The first kappa shape index (κ1) is 17.4. The minimum atomic E-state index is -1.54. The second kappa shape index (κ2) is 6.88. The molecule has 0 aliphatic rings. The Labute approximate surface area is 127 Å². The van der Waals surface area contributed by atoms with E-state index in [9.17, 15) is 14.4 Å². The molecule has 0 radical (unpaired) electrons. The van der Waals surface area contributed by atoms with Crippen LogP contribution in [0.15, 0.2) is 18.3 Å². The fourth-order valence-corrected chi connectivity index (χ4v) is 1.54.